The van der Waals surface area contributed by atoms with Crippen molar-refractivity contribution < 1.29 is 0 Å². The van der Waals surface area contributed by atoms with E-state index in [0.29, 0.717) is 0 Å². The third kappa shape index (κ3) is 2.39. The van der Waals surface area contributed by atoms with E-state index >= 15 is 0 Å². The number of benzene rings is 2. The average Bonchev–Trinajstić information content (AvgIpc) is 2.41. The van der Waals surface area contributed by atoms with Gasteiger partial charge < -0.3 is 0 Å². The lowest BCUT2D eigenvalue weighted by Gasteiger charge is -2.29. The molecule has 86 valence electrons. The van der Waals surface area contributed by atoms with Gasteiger partial charge in [0.2, 0.25) is 0 Å². The Morgan fingerprint density at radius 3 is 1.65 bits per heavy atom. The van der Waals surface area contributed by atoms with Crippen LogP contribution in [0.1, 0.15) is 18.1 Å². The zero-order valence-electron chi connectivity index (χ0n) is 10.3. The number of rotatable bonds is 4. The first-order valence-electron chi connectivity index (χ1n) is 5.99. The Bertz CT molecular complexity index is 434. The lowest BCUT2D eigenvalue weighted by molar-refractivity contribution is 0.812. The highest BCUT2D eigenvalue weighted by Crippen LogP contribution is 2.30. The van der Waals surface area contributed by atoms with E-state index in [1.807, 2.05) is 0 Å². The Labute approximate surface area is 106 Å². The highest BCUT2D eigenvalue weighted by molar-refractivity contribution is 6.47. The van der Waals surface area contributed by atoms with E-state index in [1.165, 1.54) is 11.1 Å². The predicted octanol–water partition coefficient (Wildman–Crippen LogP) is 3.26. The second kappa shape index (κ2) is 5.15. The quantitative estimate of drug-likeness (QED) is 0.717. The van der Waals surface area contributed by atoms with Crippen LogP contribution in [-0.4, -0.2) is 9.52 Å². The number of hydrogen-bond acceptors (Lipinski definition) is 0. The lowest BCUT2D eigenvalue weighted by Crippen LogP contribution is -2.30. The summed E-state index contributed by atoms with van der Waals surface area (Å²) in [5, 5.41) is 0.157. The Morgan fingerprint density at radius 1 is 0.882 bits per heavy atom. The SMILES string of the molecule is C=C[SiH2]C(C)(c1ccccc1)c1ccccc1. The molecule has 0 atom stereocenters. The smallest absolute Gasteiger partial charge is 0.0614 e. The molecule has 1 heteroatoms. The van der Waals surface area contributed by atoms with Crippen molar-refractivity contribution >= 4 is 9.52 Å². The van der Waals surface area contributed by atoms with Crippen LogP contribution >= 0.6 is 0 Å². The topological polar surface area (TPSA) is 0 Å². The van der Waals surface area contributed by atoms with Crippen molar-refractivity contribution in [3.05, 3.63) is 84.1 Å². The lowest BCUT2D eigenvalue weighted by atomic mass is 9.92. The highest BCUT2D eigenvalue weighted by atomic mass is 28.2. The molecule has 2 rings (SSSR count). The average molecular weight is 238 g/mol. The summed E-state index contributed by atoms with van der Waals surface area (Å²) in [6, 6.07) is 21.5. The third-order valence-electron chi connectivity index (χ3n) is 3.37. The molecule has 0 aliphatic carbocycles. The minimum Gasteiger partial charge on any atom is -0.107 e. The Kier molecular flexibility index (Phi) is 3.60. The molecule has 0 heterocycles. The van der Waals surface area contributed by atoms with E-state index in [9.17, 15) is 0 Å². The first kappa shape index (κ1) is 11.9. The predicted molar refractivity (Wildman–Crippen MR) is 78.1 cm³/mol. The van der Waals surface area contributed by atoms with Gasteiger partial charge in [0.1, 0.15) is 0 Å². The maximum atomic E-state index is 3.96. The molecule has 0 saturated heterocycles. The van der Waals surface area contributed by atoms with Crippen LogP contribution in [0.5, 0.6) is 0 Å². The van der Waals surface area contributed by atoms with Gasteiger partial charge in [-0.1, -0.05) is 67.6 Å². The van der Waals surface area contributed by atoms with Gasteiger partial charge in [-0.3, -0.25) is 0 Å². The molecule has 0 nitrogen and oxygen atoms in total. The Morgan fingerprint density at radius 2 is 1.29 bits per heavy atom. The van der Waals surface area contributed by atoms with E-state index in [-0.39, 0.29) is 5.04 Å². The van der Waals surface area contributed by atoms with Crippen molar-refractivity contribution in [2.45, 2.75) is 12.0 Å². The molecule has 0 bridgehead atoms. The monoisotopic (exact) mass is 238 g/mol. The third-order valence-corrected chi connectivity index (χ3v) is 5.30. The van der Waals surface area contributed by atoms with Gasteiger partial charge in [0.15, 0.2) is 0 Å². The molecular weight excluding hydrogens is 220 g/mol. The van der Waals surface area contributed by atoms with Gasteiger partial charge in [-0.05, 0) is 11.1 Å². The van der Waals surface area contributed by atoms with Crippen LogP contribution < -0.4 is 0 Å². The summed E-state index contributed by atoms with van der Waals surface area (Å²) in [5.41, 5.74) is 4.94. The van der Waals surface area contributed by atoms with Gasteiger partial charge in [0, 0.05) is 5.04 Å². The molecule has 2 aromatic rings. The van der Waals surface area contributed by atoms with Crippen molar-refractivity contribution in [1.29, 1.82) is 0 Å². The van der Waals surface area contributed by atoms with E-state index in [1.54, 1.807) is 0 Å². The van der Waals surface area contributed by atoms with E-state index in [4.69, 9.17) is 0 Å². The van der Waals surface area contributed by atoms with Crippen LogP contribution in [0.25, 0.3) is 0 Å². The summed E-state index contributed by atoms with van der Waals surface area (Å²) < 4.78 is 0. The van der Waals surface area contributed by atoms with Crippen molar-refractivity contribution in [2.75, 3.05) is 0 Å². The van der Waals surface area contributed by atoms with Crippen molar-refractivity contribution in [2.24, 2.45) is 0 Å². The van der Waals surface area contributed by atoms with Crippen LogP contribution in [0.4, 0.5) is 0 Å². The first-order valence-corrected chi connectivity index (χ1v) is 7.52. The van der Waals surface area contributed by atoms with E-state index in [2.05, 4.69) is 79.9 Å². The first-order chi connectivity index (χ1) is 8.27. The molecule has 0 unspecified atom stereocenters. The zero-order chi connectivity index (χ0) is 12.1. The molecule has 2 aromatic carbocycles. The molecule has 0 aliphatic rings. The van der Waals surface area contributed by atoms with E-state index in [0.717, 1.165) is 0 Å². The molecule has 0 spiro atoms. The largest absolute Gasteiger partial charge is 0.107 e. The van der Waals surface area contributed by atoms with Crippen molar-refractivity contribution in [3.63, 3.8) is 0 Å². The number of hydrogen-bond donors (Lipinski definition) is 0. The Hall–Kier alpha value is -1.60. The minimum atomic E-state index is -0.393. The molecule has 0 radical (unpaired) electrons. The summed E-state index contributed by atoms with van der Waals surface area (Å²) in [4.78, 5) is 0. The normalized spacial score (nSPS) is 11.8. The molecule has 0 N–H and O–H groups in total. The zero-order valence-corrected chi connectivity index (χ0v) is 11.7. The standard InChI is InChI=1S/C16H18Si/c1-3-17-16(2,14-10-6-4-7-11-14)15-12-8-5-9-13-15/h3-13H,1,17H2,2H3. The van der Waals surface area contributed by atoms with Gasteiger partial charge in [-0.2, -0.15) is 0 Å². The highest BCUT2D eigenvalue weighted by Gasteiger charge is 2.27. The van der Waals surface area contributed by atoms with Crippen LogP contribution in [0.15, 0.2) is 72.9 Å². The molecule has 0 fully saturated rings. The summed E-state index contributed by atoms with van der Waals surface area (Å²) >= 11 is 0. The molecule has 0 amide bonds. The second-order valence-electron chi connectivity index (χ2n) is 4.56. The van der Waals surface area contributed by atoms with Crippen LogP contribution in [0.2, 0.25) is 0 Å². The van der Waals surface area contributed by atoms with Gasteiger partial charge in [-0.15, -0.1) is 12.3 Å². The summed E-state index contributed by atoms with van der Waals surface area (Å²) in [6.07, 6.45) is 0. The van der Waals surface area contributed by atoms with Gasteiger partial charge in [0.25, 0.3) is 0 Å². The van der Waals surface area contributed by atoms with Crippen LogP contribution in [-0.2, 0) is 5.04 Å². The van der Waals surface area contributed by atoms with Crippen LogP contribution in [0, 0.1) is 0 Å². The molecule has 0 saturated carbocycles. The molecule has 0 aromatic heterocycles. The Balaban J connectivity index is 2.50. The summed E-state index contributed by atoms with van der Waals surface area (Å²) in [7, 11) is -0.393. The van der Waals surface area contributed by atoms with Gasteiger partial charge >= 0.3 is 0 Å². The van der Waals surface area contributed by atoms with E-state index < -0.39 is 9.52 Å². The van der Waals surface area contributed by atoms with Crippen molar-refractivity contribution in [1.82, 2.24) is 0 Å². The molecular formula is C16H18Si. The summed E-state index contributed by atoms with van der Waals surface area (Å²) in [6.45, 7) is 6.30. The minimum absolute atomic E-state index is 0.157. The second-order valence-corrected chi connectivity index (χ2v) is 6.96. The molecule has 0 aliphatic heterocycles. The van der Waals surface area contributed by atoms with Crippen LogP contribution in [0.3, 0.4) is 0 Å². The van der Waals surface area contributed by atoms with Gasteiger partial charge in [0.05, 0.1) is 9.52 Å². The summed E-state index contributed by atoms with van der Waals surface area (Å²) in [5.74, 6) is 0. The molecule has 17 heavy (non-hydrogen) atoms. The maximum absolute atomic E-state index is 3.96. The van der Waals surface area contributed by atoms with Gasteiger partial charge in [-0.25, -0.2) is 0 Å². The fourth-order valence-electron chi connectivity index (χ4n) is 2.30. The fraction of sp³-hybridized carbons (Fsp3) is 0.125. The van der Waals surface area contributed by atoms with Crippen molar-refractivity contribution in [3.8, 4) is 0 Å². The fourth-order valence-corrected chi connectivity index (χ4v) is 3.82. The maximum Gasteiger partial charge on any atom is 0.0614 e.